The van der Waals surface area contributed by atoms with Crippen molar-refractivity contribution >= 4 is 38.6 Å². The Kier molecular flexibility index (Phi) is 5.81. The summed E-state index contributed by atoms with van der Waals surface area (Å²) in [4.78, 5) is 20.7. The predicted octanol–water partition coefficient (Wildman–Crippen LogP) is 3.01. The van der Waals surface area contributed by atoms with E-state index in [9.17, 15) is 13.2 Å². The van der Waals surface area contributed by atoms with Crippen molar-refractivity contribution in [3.63, 3.8) is 0 Å². The molecular formula is C19H21ClN4O4S. The molecule has 0 spiro atoms. The Balaban J connectivity index is 1.97. The first-order valence-corrected chi connectivity index (χ1v) is 11.1. The fraction of sp³-hybridized carbons (Fsp3) is 0.316. The third-order valence-electron chi connectivity index (χ3n) is 4.00. The summed E-state index contributed by atoms with van der Waals surface area (Å²) < 4.78 is 31.8. The molecule has 0 saturated carbocycles. The van der Waals surface area contributed by atoms with Crippen LogP contribution in [0.15, 0.2) is 30.6 Å². The van der Waals surface area contributed by atoms with Crippen LogP contribution in [0.2, 0.25) is 5.02 Å². The van der Waals surface area contributed by atoms with Crippen LogP contribution in [0, 0.1) is 5.92 Å². The molecule has 0 atom stereocenters. The lowest BCUT2D eigenvalue weighted by Crippen LogP contribution is -2.30. The maximum absolute atomic E-state index is 12.1. The van der Waals surface area contributed by atoms with Gasteiger partial charge < -0.3 is 9.30 Å². The van der Waals surface area contributed by atoms with E-state index in [0.717, 1.165) is 22.8 Å². The van der Waals surface area contributed by atoms with Crippen LogP contribution in [0.5, 0.6) is 5.88 Å². The molecule has 0 saturated heterocycles. The van der Waals surface area contributed by atoms with Gasteiger partial charge >= 0.3 is 0 Å². The van der Waals surface area contributed by atoms with Gasteiger partial charge in [-0.25, -0.2) is 23.1 Å². The van der Waals surface area contributed by atoms with Crippen molar-refractivity contribution in [3.8, 4) is 17.0 Å². The molecule has 8 nitrogen and oxygen atoms in total. The largest absolute Gasteiger partial charge is 0.476 e. The summed E-state index contributed by atoms with van der Waals surface area (Å²) in [6, 6.07) is 4.96. The van der Waals surface area contributed by atoms with Gasteiger partial charge in [-0.2, -0.15) is 0 Å². The van der Waals surface area contributed by atoms with Gasteiger partial charge in [-0.15, -0.1) is 0 Å². The summed E-state index contributed by atoms with van der Waals surface area (Å²) in [6.07, 6.45) is 4.42. The highest BCUT2D eigenvalue weighted by atomic mass is 35.5. The fourth-order valence-electron chi connectivity index (χ4n) is 2.75. The van der Waals surface area contributed by atoms with E-state index in [-0.39, 0.29) is 5.69 Å². The van der Waals surface area contributed by atoms with Crippen LogP contribution in [-0.4, -0.2) is 41.7 Å². The average Bonchev–Trinajstić information content (AvgIpc) is 2.95. The van der Waals surface area contributed by atoms with E-state index in [1.807, 2.05) is 24.8 Å². The predicted molar refractivity (Wildman–Crippen MR) is 112 cm³/mol. The van der Waals surface area contributed by atoms with Crippen molar-refractivity contribution in [2.45, 2.75) is 13.8 Å². The minimum Gasteiger partial charge on any atom is -0.476 e. The number of hydrogen-bond acceptors (Lipinski definition) is 6. The lowest BCUT2D eigenvalue weighted by molar-refractivity contribution is 0.0977. The molecule has 10 heteroatoms. The Morgan fingerprint density at radius 3 is 2.69 bits per heavy atom. The number of hydrogen-bond donors (Lipinski definition) is 1. The fourth-order valence-corrected chi connectivity index (χ4v) is 3.42. The molecule has 0 aliphatic heterocycles. The molecule has 3 heterocycles. The van der Waals surface area contributed by atoms with Crippen molar-refractivity contribution in [2.24, 2.45) is 13.0 Å². The van der Waals surface area contributed by atoms with Crippen molar-refractivity contribution in [2.75, 3.05) is 12.9 Å². The van der Waals surface area contributed by atoms with E-state index in [0.29, 0.717) is 29.1 Å². The van der Waals surface area contributed by atoms with Crippen molar-refractivity contribution in [3.05, 3.63) is 41.3 Å². The Hall–Kier alpha value is -2.65. The van der Waals surface area contributed by atoms with Crippen LogP contribution in [0.25, 0.3) is 22.2 Å². The van der Waals surface area contributed by atoms with Gasteiger partial charge in [0.1, 0.15) is 16.4 Å². The van der Waals surface area contributed by atoms with Gasteiger partial charge in [0.2, 0.25) is 15.9 Å². The molecule has 0 aromatic carbocycles. The molecule has 3 rings (SSSR count). The summed E-state index contributed by atoms with van der Waals surface area (Å²) in [5, 5.41) is 1.18. The minimum atomic E-state index is -3.67. The van der Waals surface area contributed by atoms with Gasteiger partial charge in [0, 0.05) is 36.0 Å². The zero-order valence-electron chi connectivity index (χ0n) is 16.4. The second-order valence-electron chi connectivity index (χ2n) is 7.14. The lowest BCUT2D eigenvalue weighted by Gasteiger charge is -2.10. The Morgan fingerprint density at radius 1 is 1.34 bits per heavy atom. The van der Waals surface area contributed by atoms with Crippen LogP contribution < -0.4 is 9.46 Å². The number of aryl methyl sites for hydroxylation is 1. The van der Waals surface area contributed by atoms with E-state index in [2.05, 4.69) is 9.97 Å². The summed E-state index contributed by atoms with van der Waals surface area (Å²) in [6.45, 7) is 4.59. The maximum Gasteiger partial charge on any atom is 0.283 e. The van der Waals surface area contributed by atoms with Gasteiger partial charge in [0.05, 0.1) is 12.9 Å². The van der Waals surface area contributed by atoms with E-state index in [1.165, 1.54) is 6.07 Å². The number of halogens is 1. The number of carbonyl (C=O) groups excluding carboxylic acids is 1. The van der Waals surface area contributed by atoms with E-state index < -0.39 is 15.9 Å². The number of fused-ring (bicyclic) bond motifs is 1. The highest BCUT2D eigenvalue weighted by Crippen LogP contribution is 2.33. The number of nitrogens with zero attached hydrogens (tertiary/aromatic N) is 3. The van der Waals surface area contributed by atoms with Crippen LogP contribution >= 0.6 is 11.6 Å². The minimum absolute atomic E-state index is 0.00395. The number of ether oxygens (including phenoxy) is 1. The number of sulfonamides is 1. The molecule has 0 aliphatic carbocycles. The quantitative estimate of drug-likeness (QED) is 0.637. The Labute approximate surface area is 173 Å². The van der Waals surface area contributed by atoms with Gasteiger partial charge in [0.15, 0.2) is 0 Å². The summed E-state index contributed by atoms with van der Waals surface area (Å²) in [5.74, 6) is -0.0542. The number of carbonyl (C=O) groups is 1. The van der Waals surface area contributed by atoms with Gasteiger partial charge in [0.25, 0.3) is 5.91 Å². The number of aromatic nitrogens is 3. The Bertz CT molecular complexity index is 1190. The third-order valence-corrected chi connectivity index (χ3v) is 4.83. The van der Waals surface area contributed by atoms with Crippen molar-refractivity contribution in [1.82, 2.24) is 19.3 Å². The van der Waals surface area contributed by atoms with E-state index in [4.69, 9.17) is 16.3 Å². The topological polar surface area (TPSA) is 103 Å². The van der Waals surface area contributed by atoms with Gasteiger partial charge in [-0.1, -0.05) is 25.4 Å². The smallest absolute Gasteiger partial charge is 0.283 e. The lowest BCUT2D eigenvalue weighted by atomic mass is 10.1. The molecule has 0 aliphatic rings. The average molecular weight is 437 g/mol. The summed E-state index contributed by atoms with van der Waals surface area (Å²) in [5.41, 5.74) is 2.13. The molecule has 0 radical (unpaired) electrons. The monoisotopic (exact) mass is 436 g/mol. The molecule has 0 unspecified atom stereocenters. The van der Waals surface area contributed by atoms with Crippen LogP contribution in [0.4, 0.5) is 0 Å². The highest BCUT2D eigenvalue weighted by molar-refractivity contribution is 7.89. The summed E-state index contributed by atoms with van der Waals surface area (Å²) in [7, 11) is -1.89. The molecule has 1 N–H and O–H groups in total. The molecule has 1 amide bonds. The second kappa shape index (κ2) is 8.00. The van der Waals surface area contributed by atoms with E-state index >= 15 is 0 Å². The maximum atomic E-state index is 12.1. The molecule has 29 heavy (non-hydrogen) atoms. The molecular weight excluding hydrogens is 416 g/mol. The van der Waals surface area contributed by atoms with E-state index in [1.54, 1.807) is 29.9 Å². The number of amides is 1. The Morgan fingerprint density at radius 2 is 2.07 bits per heavy atom. The van der Waals surface area contributed by atoms with Crippen LogP contribution in [0.3, 0.4) is 0 Å². The standard InChI is InChI=1S/C19H21ClN4O4S/c1-11(2)10-28-19-15(20)7-12(8-21-19)14-9-24(3)17-13(14)5-6-16(22-17)18(25)23-29(4,26)27/h5-9,11H,10H2,1-4H3,(H,23,25). The molecule has 154 valence electrons. The second-order valence-corrected chi connectivity index (χ2v) is 9.30. The number of rotatable bonds is 6. The van der Waals surface area contributed by atoms with Gasteiger partial charge in [-0.05, 0) is 24.1 Å². The van der Waals surface area contributed by atoms with Crippen molar-refractivity contribution in [1.29, 1.82) is 0 Å². The van der Waals surface area contributed by atoms with Gasteiger partial charge in [-0.3, -0.25) is 4.79 Å². The molecule has 3 aromatic rings. The SMILES string of the molecule is CC(C)COc1ncc(-c2cn(C)c3nc(C(=O)NS(C)(=O)=O)ccc23)cc1Cl. The molecule has 3 aromatic heterocycles. The summed E-state index contributed by atoms with van der Waals surface area (Å²) >= 11 is 6.33. The zero-order chi connectivity index (χ0) is 21.3. The zero-order valence-corrected chi connectivity index (χ0v) is 18.0. The molecule has 0 fully saturated rings. The van der Waals surface area contributed by atoms with Crippen molar-refractivity contribution < 1.29 is 17.9 Å². The first-order valence-electron chi connectivity index (χ1n) is 8.82. The first-order chi connectivity index (χ1) is 13.5. The number of nitrogens with one attached hydrogen (secondary N) is 1. The number of pyridine rings is 2. The molecule has 0 bridgehead atoms. The van der Waals surface area contributed by atoms with Crippen LogP contribution in [-0.2, 0) is 17.1 Å². The normalized spacial score (nSPS) is 11.8. The third kappa shape index (κ3) is 4.86. The van der Waals surface area contributed by atoms with Crippen LogP contribution in [0.1, 0.15) is 24.3 Å². The first kappa shape index (κ1) is 21.1. The highest BCUT2D eigenvalue weighted by Gasteiger charge is 2.17.